The molecule has 1 saturated heterocycles. The first-order valence-electron chi connectivity index (χ1n) is 10.3. The molecule has 7 heteroatoms. The van der Waals surface area contributed by atoms with E-state index in [1.54, 1.807) is 10.6 Å². The zero-order chi connectivity index (χ0) is 20.2. The number of hydrogen-bond donors (Lipinski definition) is 2. The second-order valence-electron chi connectivity index (χ2n) is 7.49. The number of benzene rings is 1. The van der Waals surface area contributed by atoms with Gasteiger partial charge < -0.3 is 10.6 Å². The van der Waals surface area contributed by atoms with Gasteiger partial charge in [0.05, 0.1) is 17.3 Å². The maximum atomic E-state index is 13.2. The maximum absolute atomic E-state index is 13.2. The molecule has 30 heavy (non-hydrogen) atoms. The molecular weight excluding hydrogens is 400 g/mol. The van der Waals surface area contributed by atoms with Crippen LogP contribution in [0.3, 0.4) is 0 Å². The number of fused-ring (bicyclic) bond motifs is 1. The Morgan fingerprint density at radius 3 is 2.73 bits per heavy atom. The number of nitrogens with one attached hydrogen (secondary N) is 2. The van der Waals surface area contributed by atoms with Gasteiger partial charge in [0.2, 0.25) is 5.91 Å². The number of carbonyl (C=O) groups is 1. The summed E-state index contributed by atoms with van der Waals surface area (Å²) >= 11 is 0. The molecule has 1 aromatic carbocycles. The zero-order valence-electron chi connectivity index (χ0n) is 17.1. The van der Waals surface area contributed by atoms with Crippen molar-refractivity contribution in [3.05, 3.63) is 64.7 Å². The van der Waals surface area contributed by atoms with E-state index in [1.165, 1.54) is 0 Å². The Morgan fingerprint density at radius 1 is 1.23 bits per heavy atom. The molecule has 158 valence electrons. The fourth-order valence-electron chi connectivity index (χ4n) is 3.81. The summed E-state index contributed by atoms with van der Waals surface area (Å²) in [6, 6.07) is 12.9. The summed E-state index contributed by atoms with van der Waals surface area (Å²) in [6.45, 7) is 3.01. The molecule has 3 heterocycles. The van der Waals surface area contributed by atoms with Gasteiger partial charge >= 0.3 is 0 Å². The summed E-state index contributed by atoms with van der Waals surface area (Å²) in [5.74, 6) is -0.00803. The van der Waals surface area contributed by atoms with Crippen molar-refractivity contribution >= 4 is 29.6 Å². The van der Waals surface area contributed by atoms with Crippen LogP contribution < -0.4 is 16.2 Å². The van der Waals surface area contributed by atoms with Crippen LogP contribution in [0.2, 0.25) is 0 Å². The first-order valence-corrected chi connectivity index (χ1v) is 10.3. The van der Waals surface area contributed by atoms with Crippen LogP contribution in [-0.2, 0) is 11.2 Å². The molecule has 0 bridgehead atoms. The Labute approximate surface area is 182 Å². The molecule has 1 aliphatic rings. The lowest BCUT2D eigenvalue weighted by atomic mass is 10.0. The minimum Gasteiger partial charge on any atom is -0.325 e. The summed E-state index contributed by atoms with van der Waals surface area (Å²) in [4.78, 5) is 30.3. The SMILES string of the molecule is CCCCc1nc2ccccn2c(=O)c1-c1ccc(NC(=O)[C@@H]2CCCN2)cc1.Cl. The van der Waals surface area contributed by atoms with Gasteiger partial charge in [-0.15, -0.1) is 12.4 Å². The zero-order valence-corrected chi connectivity index (χ0v) is 17.9. The second kappa shape index (κ2) is 9.87. The first kappa shape index (κ1) is 22.0. The third-order valence-corrected chi connectivity index (χ3v) is 5.39. The van der Waals surface area contributed by atoms with Crippen molar-refractivity contribution in [2.75, 3.05) is 11.9 Å². The standard InChI is InChI=1S/C23H26N4O2.ClH/c1-2-3-7-18-21(23(29)27-15-5-4-9-20(27)26-18)16-10-12-17(13-11-16)25-22(28)19-8-6-14-24-19;/h4-5,9-13,15,19,24H,2-3,6-8,14H2,1H3,(H,25,28);1H/t19-;/m0./s1. The Kier molecular flexibility index (Phi) is 7.24. The smallest absolute Gasteiger partial charge is 0.265 e. The van der Waals surface area contributed by atoms with Crippen LogP contribution in [0.25, 0.3) is 16.8 Å². The lowest BCUT2D eigenvalue weighted by Gasteiger charge is -2.13. The van der Waals surface area contributed by atoms with E-state index in [-0.39, 0.29) is 29.9 Å². The normalized spacial score (nSPS) is 15.7. The van der Waals surface area contributed by atoms with E-state index in [1.807, 2.05) is 42.5 Å². The quantitative estimate of drug-likeness (QED) is 0.628. The van der Waals surface area contributed by atoms with Crippen LogP contribution in [0.5, 0.6) is 0 Å². The van der Waals surface area contributed by atoms with Crippen LogP contribution >= 0.6 is 12.4 Å². The van der Waals surface area contributed by atoms with Gasteiger partial charge in [0.15, 0.2) is 0 Å². The lowest BCUT2D eigenvalue weighted by Crippen LogP contribution is -2.35. The molecule has 1 fully saturated rings. The predicted octanol–water partition coefficient (Wildman–Crippen LogP) is 3.82. The van der Waals surface area contributed by atoms with E-state index >= 15 is 0 Å². The topological polar surface area (TPSA) is 75.5 Å². The van der Waals surface area contributed by atoms with E-state index in [9.17, 15) is 9.59 Å². The average Bonchev–Trinajstić information content (AvgIpc) is 3.28. The van der Waals surface area contributed by atoms with Gasteiger partial charge in [-0.05, 0) is 62.1 Å². The first-order chi connectivity index (χ1) is 14.2. The van der Waals surface area contributed by atoms with Crippen LogP contribution in [-0.4, -0.2) is 27.9 Å². The van der Waals surface area contributed by atoms with Gasteiger partial charge in [-0.1, -0.05) is 31.5 Å². The number of amides is 1. The number of halogens is 1. The summed E-state index contributed by atoms with van der Waals surface area (Å²) in [6.07, 6.45) is 6.42. The highest BCUT2D eigenvalue weighted by Crippen LogP contribution is 2.23. The molecule has 4 rings (SSSR count). The van der Waals surface area contributed by atoms with Gasteiger partial charge in [0.1, 0.15) is 5.65 Å². The number of anilines is 1. The minimum absolute atomic E-state index is 0. The van der Waals surface area contributed by atoms with Crippen molar-refractivity contribution in [2.45, 2.75) is 45.1 Å². The minimum atomic E-state index is -0.121. The van der Waals surface area contributed by atoms with E-state index in [0.717, 1.165) is 55.6 Å². The summed E-state index contributed by atoms with van der Waals surface area (Å²) in [7, 11) is 0. The van der Waals surface area contributed by atoms with Crippen molar-refractivity contribution in [2.24, 2.45) is 0 Å². The third-order valence-electron chi connectivity index (χ3n) is 5.39. The number of rotatable bonds is 6. The monoisotopic (exact) mass is 426 g/mol. The van der Waals surface area contributed by atoms with Gasteiger partial charge in [0.25, 0.3) is 5.56 Å². The highest BCUT2D eigenvalue weighted by atomic mass is 35.5. The van der Waals surface area contributed by atoms with Crippen LogP contribution in [0, 0.1) is 0 Å². The van der Waals surface area contributed by atoms with Crippen molar-refractivity contribution in [3.63, 3.8) is 0 Å². The second-order valence-corrected chi connectivity index (χ2v) is 7.49. The Hall–Kier alpha value is -2.70. The van der Waals surface area contributed by atoms with E-state index in [0.29, 0.717) is 11.2 Å². The highest BCUT2D eigenvalue weighted by molar-refractivity contribution is 5.95. The van der Waals surface area contributed by atoms with Gasteiger partial charge in [-0.3, -0.25) is 14.0 Å². The van der Waals surface area contributed by atoms with Crippen LogP contribution in [0.4, 0.5) is 5.69 Å². The van der Waals surface area contributed by atoms with E-state index in [2.05, 4.69) is 17.6 Å². The molecule has 0 spiro atoms. The van der Waals surface area contributed by atoms with Crippen LogP contribution in [0.1, 0.15) is 38.3 Å². The summed E-state index contributed by atoms with van der Waals surface area (Å²) in [5.41, 5.74) is 3.63. The highest BCUT2D eigenvalue weighted by Gasteiger charge is 2.22. The van der Waals surface area contributed by atoms with E-state index < -0.39 is 0 Å². The third kappa shape index (κ3) is 4.55. The molecule has 1 atom stereocenters. The molecule has 0 aliphatic carbocycles. The molecule has 0 unspecified atom stereocenters. The number of aryl methyl sites for hydroxylation is 1. The van der Waals surface area contributed by atoms with Crippen molar-refractivity contribution in [1.29, 1.82) is 0 Å². The molecule has 3 aromatic rings. The van der Waals surface area contributed by atoms with Crippen molar-refractivity contribution in [1.82, 2.24) is 14.7 Å². The lowest BCUT2D eigenvalue weighted by molar-refractivity contribution is -0.117. The Bertz CT molecular complexity index is 1070. The molecular formula is C23H27ClN4O2. The molecule has 0 radical (unpaired) electrons. The predicted molar refractivity (Wildman–Crippen MR) is 122 cm³/mol. The van der Waals surface area contributed by atoms with Crippen molar-refractivity contribution in [3.8, 4) is 11.1 Å². The number of nitrogens with zero attached hydrogens (tertiary/aromatic N) is 2. The molecule has 1 aliphatic heterocycles. The fourth-order valence-corrected chi connectivity index (χ4v) is 3.81. The molecule has 2 N–H and O–H groups in total. The number of aromatic nitrogens is 2. The number of unbranched alkanes of at least 4 members (excludes halogenated alkanes) is 1. The van der Waals surface area contributed by atoms with Gasteiger partial charge in [-0.2, -0.15) is 0 Å². The van der Waals surface area contributed by atoms with Crippen molar-refractivity contribution < 1.29 is 4.79 Å². The van der Waals surface area contributed by atoms with Gasteiger partial charge in [0, 0.05) is 11.9 Å². The largest absolute Gasteiger partial charge is 0.325 e. The molecule has 1 amide bonds. The Morgan fingerprint density at radius 2 is 2.03 bits per heavy atom. The van der Waals surface area contributed by atoms with Gasteiger partial charge in [-0.25, -0.2) is 4.98 Å². The summed E-state index contributed by atoms with van der Waals surface area (Å²) < 4.78 is 1.59. The Balaban J connectivity index is 0.00000256. The van der Waals surface area contributed by atoms with Crippen LogP contribution in [0.15, 0.2) is 53.5 Å². The molecule has 6 nitrogen and oxygen atoms in total. The average molecular weight is 427 g/mol. The fraction of sp³-hybridized carbons (Fsp3) is 0.348. The van der Waals surface area contributed by atoms with E-state index in [4.69, 9.17) is 4.98 Å². The number of carbonyl (C=O) groups excluding carboxylic acids is 1. The summed E-state index contributed by atoms with van der Waals surface area (Å²) in [5, 5.41) is 6.16. The maximum Gasteiger partial charge on any atom is 0.265 e. The number of pyridine rings is 1. The number of hydrogen-bond acceptors (Lipinski definition) is 4. The molecule has 2 aromatic heterocycles. The molecule has 0 saturated carbocycles.